The Bertz CT molecular complexity index is 227. The van der Waals surface area contributed by atoms with E-state index >= 15 is 0 Å². The minimum absolute atomic E-state index is 0.857. The largest absolute Gasteiger partial charge is 0.394 e. The summed E-state index contributed by atoms with van der Waals surface area (Å²) in [4.78, 5) is 10.8. The van der Waals surface area contributed by atoms with Gasteiger partial charge in [0.1, 0.15) is 24.4 Å². The van der Waals surface area contributed by atoms with Crippen LogP contribution in [0.4, 0.5) is 0 Å². The summed E-state index contributed by atoms with van der Waals surface area (Å²) in [7, 11) is 0. The fourth-order valence-electron chi connectivity index (χ4n) is 0.965. The number of aliphatic hydroxyl groups excluding tert-OH is 6. The van der Waals surface area contributed by atoms with Crippen molar-refractivity contribution in [1.29, 1.82) is 0 Å². The van der Waals surface area contributed by atoms with E-state index in [1.165, 1.54) is 5.43 Å². The van der Waals surface area contributed by atoms with Crippen LogP contribution in [0.15, 0.2) is 0 Å². The van der Waals surface area contributed by atoms with E-state index < -0.39 is 43.0 Å². The first kappa shape index (κ1) is 15.2. The standard InChI is InChI=1S/C7H16N2O7/c8-9-7(16)6(15)5(14)4(13)3(12)2(11)1-10/h2-6,10-15H,1,8H2,(H,9,16). The fourth-order valence-corrected chi connectivity index (χ4v) is 0.965. The molecule has 5 unspecified atom stereocenters. The summed E-state index contributed by atoms with van der Waals surface area (Å²) < 4.78 is 0. The SMILES string of the molecule is NNC(=O)C(O)C(O)C(O)C(O)C(O)CO. The summed E-state index contributed by atoms with van der Waals surface area (Å²) in [5.41, 5.74) is 1.53. The molecular weight excluding hydrogens is 224 g/mol. The Morgan fingerprint density at radius 2 is 1.56 bits per heavy atom. The van der Waals surface area contributed by atoms with Crippen LogP contribution in [0.5, 0.6) is 0 Å². The lowest BCUT2D eigenvalue weighted by Crippen LogP contribution is -2.54. The zero-order chi connectivity index (χ0) is 12.9. The molecule has 0 aliphatic heterocycles. The minimum atomic E-state index is -2.07. The molecule has 0 aromatic heterocycles. The molecule has 0 aromatic rings. The minimum Gasteiger partial charge on any atom is -0.394 e. The van der Waals surface area contributed by atoms with E-state index in [2.05, 4.69) is 5.84 Å². The predicted molar refractivity (Wildman–Crippen MR) is 49.4 cm³/mol. The molecule has 9 N–H and O–H groups in total. The number of nitrogens with two attached hydrogens (primary N) is 1. The van der Waals surface area contributed by atoms with Crippen LogP contribution in [0.25, 0.3) is 0 Å². The van der Waals surface area contributed by atoms with Gasteiger partial charge in [-0.25, -0.2) is 5.84 Å². The summed E-state index contributed by atoms with van der Waals surface area (Å²) in [6.07, 6.45) is -9.77. The molecule has 0 aliphatic rings. The van der Waals surface area contributed by atoms with Crippen molar-refractivity contribution in [3.8, 4) is 0 Å². The molecule has 96 valence electrons. The summed E-state index contributed by atoms with van der Waals surface area (Å²) in [5, 5.41) is 54.2. The van der Waals surface area contributed by atoms with Gasteiger partial charge in [0, 0.05) is 0 Å². The number of rotatable bonds is 6. The van der Waals surface area contributed by atoms with Crippen LogP contribution in [-0.2, 0) is 4.79 Å². The molecule has 0 bridgehead atoms. The number of hydrogen-bond donors (Lipinski definition) is 8. The Labute approximate surface area is 90.7 Å². The maximum atomic E-state index is 10.8. The maximum absolute atomic E-state index is 10.8. The molecule has 0 fully saturated rings. The summed E-state index contributed by atoms with van der Waals surface area (Å²) in [6.45, 7) is -0.857. The van der Waals surface area contributed by atoms with Crippen molar-refractivity contribution in [3.05, 3.63) is 0 Å². The second kappa shape index (κ2) is 6.70. The Morgan fingerprint density at radius 1 is 1.06 bits per heavy atom. The smallest absolute Gasteiger partial charge is 0.265 e. The Balaban J connectivity index is 4.47. The average molecular weight is 240 g/mol. The zero-order valence-corrected chi connectivity index (χ0v) is 8.26. The van der Waals surface area contributed by atoms with Crippen molar-refractivity contribution < 1.29 is 35.4 Å². The molecule has 0 saturated carbocycles. The van der Waals surface area contributed by atoms with Crippen LogP contribution < -0.4 is 11.3 Å². The fraction of sp³-hybridized carbons (Fsp3) is 0.857. The number of carbonyl (C=O) groups excluding carboxylic acids is 1. The summed E-state index contributed by atoms with van der Waals surface area (Å²) in [5.74, 6) is 3.50. The lowest BCUT2D eigenvalue weighted by molar-refractivity contribution is -0.156. The van der Waals surface area contributed by atoms with E-state index in [4.69, 9.17) is 20.4 Å². The van der Waals surface area contributed by atoms with Crippen molar-refractivity contribution >= 4 is 5.91 Å². The summed E-state index contributed by atoms with van der Waals surface area (Å²) >= 11 is 0. The van der Waals surface area contributed by atoms with Crippen LogP contribution in [0.2, 0.25) is 0 Å². The Hall–Kier alpha value is -0.810. The number of amides is 1. The van der Waals surface area contributed by atoms with E-state index in [1.807, 2.05) is 0 Å². The van der Waals surface area contributed by atoms with Crippen molar-refractivity contribution in [2.75, 3.05) is 6.61 Å². The van der Waals surface area contributed by atoms with E-state index in [9.17, 15) is 15.0 Å². The third-order valence-electron chi connectivity index (χ3n) is 2.02. The molecule has 0 aliphatic carbocycles. The highest BCUT2D eigenvalue weighted by atomic mass is 16.4. The monoisotopic (exact) mass is 240 g/mol. The normalized spacial score (nSPS) is 20.7. The van der Waals surface area contributed by atoms with Crippen molar-refractivity contribution in [1.82, 2.24) is 5.43 Å². The first-order valence-electron chi connectivity index (χ1n) is 4.38. The van der Waals surface area contributed by atoms with Gasteiger partial charge in [0.05, 0.1) is 6.61 Å². The predicted octanol–water partition coefficient (Wildman–Crippen LogP) is -5.23. The molecule has 0 rings (SSSR count). The molecule has 0 aromatic carbocycles. The van der Waals surface area contributed by atoms with Crippen LogP contribution in [0, 0.1) is 0 Å². The maximum Gasteiger partial charge on any atom is 0.265 e. The molecule has 1 amide bonds. The highest BCUT2D eigenvalue weighted by molar-refractivity contribution is 5.80. The van der Waals surface area contributed by atoms with Crippen LogP contribution >= 0.6 is 0 Å². The number of hydrazine groups is 1. The second-order valence-electron chi connectivity index (χ2n) is 3.18. The van der Waals surface area contributed by atoms with Gasteiger partial charge in [-0.05, 0) is 0 Å². The van der Waals surface area contributed by atoms with Gasteiger partial charge in [0.25, 0.3) is 5.91 Å². The van der Waals surface area contributed by atoms with Crippen LogP contribution in [0.1, 0.15) is 0 Å². The number of nitrogens with one attached hydrogen (secondary N) is 1. The molecule has 0 heterocycles. The molecule has 0 radical (unpaired) electrons. The lowest BCUT2D eigenvalue weighted by atomic mass is 9.99. The Kier molecular flexibility index (Phi) is 6.36. The first-order chi connectivity index (χ1) is 7.36. The number of carbonyl (C=O) groups is 1. The molecule has 9 heteroatoms. The van der Waals surface area contributed by atoms with E-state index in [1.54, 1.807) is 0 Å². The molecular formula is C7H16N2O7. The van der Waals surface area contributed by atoms with Crippen LogP contribution in [-0.4, -0.2) is 73.7 Å². The highest BCUT2D eigenvalue weighted by Crippen LogP contribution is 2.08. The van der Waals surface area contributed by atoms with Gasteiger partial charge in [0.2, 0.25) is 0 Å². The topological polar surface area (TPSA) is 176 Å². The molecule has 0 spiro atoms. The second-order valence-corrected chi connectivity index (χ2v) is 3.18. The van der Waals surface area contributed by atoms with Crippen molar-refractivity contribution in [2.45, 2.75) is 30.5 Å². The lowest BCUT2D eigenvalue weighted by Gasteiger charge is -2.27. The first-order valence-corrected chi connectivity index (χ1v) is 4.38. The van der Waals surface area contributed by atoms with Crippen molar-refractivity contribution in [3.63, 3.8) is 0 Å². The molecule has 9 nitrogen and oxygen atoms in total. The number of hydrogen-bond acceptors (Lipinski definition) is 8. The van der Waals surface area contributed by atoms with Gasteiger partial charge >= 0.3 is 0 Å². The zero-order valence-electron chi connectivity index (χ0n) is 8.26. The van der Waals surface area contributed by atoms with Gasteiger partial charge in [-0.2, -0.15) is 0 Å². The van der Waals surface area contributed by atoms with Crippen molar-refractivity contribution in [2.24, 2.45) is 5.84 Å². The van der Waals surface area contributed by atoms with Gasteiger partial charge in [-0.1, -0.05) is 0 Å². The third kappa shape index (κ3) is 3.64. The quantitative estimate of drug-likeness (QED) is 0.129. The third-order valence-corrected chi connectivity index (χ3v) is 2.02. The molecule has 0 saturated heterocycles. The Morgan fingerprint density at radius 3 is 1.94 bits per heavy atom. The van der Waals surface area contributed by atoms with Gasteiger partial charge < -0.3 is 30.6 Å². The average Bonchev–Trinajstić information content (AvgIpc) is 2.32. The number of aliphatic hydroxyl groups is 6. The van der Waals surface area contributed by atoms with Gasteiger partial charge in [0.15, 0.2) is 6.10 Å². The molecule has 5 atom stereocenters. The van der Waals surface area contributed by atoms with Crippen LogP contribution in [0.3, 0.4) is 0 Å². The van der Waals surface area contributed by atoms with E-state index in [0.717, 1.165) is 0 Å². The van der Waals surface area contributed by atoms with Gasteiger partial charge in [-0.15, -0.1) is 0 Å². The van der Waals surface area contributed by atoms with E-state index in [0.29, 0.717) is 0 Å². The molecule has 16 heavy (non-hydrogen) atoms. The van der Waals surface area contributed by atoms with E-state index in [-0.39, 0.29) is 0 Å². The van der Waals surface area contributed by atoms with Gasteiger partial charge in [-0.3, -0.25) is 10.2 Å². The summed E-state index contributed by atoms with van der Waals surface area (Å²) in [6, 6.07) is 0. The highest BCUT2D eigenvalue weighted by Gasteiger charge is 2.36.